The second-order valence-electron chi connectivity index (χ2n) is 6.40. The quantitative estimate of drug-likeness (QED) is 0.661. The van der Waals surface area contributed by atoms with Gasteiger partial charge in [0.15, 0.2) is 0 Å². The molecule has 1 rings (SSSR count). The van der Waals surface area contributed by atoms with E-state index < -0.39 is 0 Å². The van der Waals surface area contributed by atoms with E-state index in [2.05, 4.69) is 26.1 Å². The van der Waals surface area contributed by atoms with Crippen molar-refractivity contribution >= 4 is 0 Å². The smallest absolute Gasteiger partial charge is 0.00977 e. The Hall–Kier alpha value is -0.0400. The molecule has 1 heteroatoms. The first-order valence-electron chi connectivity index (χ1n) is 8.51. The van der Waals surface area contributed by atoms with Gasteiger partial charge in [0.1, 0.15) is 0 Å². The zero-order valence-electron chi connectivity index (χ0n) is 13.0. The molecule has 1 fully saturated rings. The molecule has 1 nitrogen and oxygen atoms in total. The largest absolute Gasteiger partial charge is 0.314 e. The van der Waals surface area contributed by atoms with Crippen LogP contribution in [-0.4, -0.2) is 12.6 Å². The minimum absolute atomic E-state index is 0.787. The molecule has 1 saturated carbocycles. The van der Waals surface area contributed by atoms with E-state index in [1.54, 1.807) is 0 Å². The van der Waals surface area contributed by atoms with Gasteiger partial charge in [-0.3, -0.25) is 0 Å². The molecule has 2 atom stereocenters. The summed E-state index contributed by atoms with van der Waals surface area (Å²) < 4.78 is 0. The molecule has 0 aromatic carbocycles. The lowest BCUT2D eigenvalue weighted by Gasteiger charge is -2.31. The molecule has 0 saturated heterocycles. The van der Waals surface area contributed by atoms with Gasteiger partial charge in [0, 0.05) is 6.04 Å². The Morgan fingerprint density at radius 1 is 1.00 bits per heavy atom. The van der Waals surface area contributed by atoms with E-state index in [9.17, 15) is 0 Å². The number of hydrogen-bond acceptors (Lipinski definition) is 1. The Balaban J connectivity index is 2.46. The lowest BCUT2D eigenvalue weighted by molar-refractivity contribution is 0.249. The lowest BCUT2D eigenvalue weighted by Crippen LogP contribution is -2.38. The van der Waals surface area contributed by atoms with Gasteiger partial charge in [-0.05, 0) is 37.6 Å². The Labute approximate surface area is 115 Å². The highest BCUT2D eigenvalue weighted by Gasteiger charge is 2.22. The van der Waals surface area contributed by atoms with Crippen molar-refractivity contribution in [1.82, 2.24) is 5.32 Å². The van der Waals surface area contributed by atoms with Crippen LogP contribution >= 0.6 is 0 Å². The highest BCUT2D eigenvalue weighted by atomic mass is 14.9. The lowest BCUT2D eigenvalue weighted by atomic mass is 9.81. The van der Waals surface area contributed by atoms with E-state index in [-0.39, 0.29) is 0 Å². The molecule has 0 aromatic rings. The molecule has 0 radical (unpaired) electrons. The van der Waals surface area contributed by atoms with Gasteiger partial charge in [0.2, 0.25) is 0 Å². The van der Waals surface area contributed by atoms with Crippen LogP contribution in [0.5, 0.6) is 0 Å². The van der Waals surface area contributed by atoms with Crippen LogP contribution in [0.15, 0.2) is 0 Å². The second-order valence-corrected chi connectivity index (χ2v) is 6.40. The van der Waals surface area contributed by atoms with Gasteiger partial charge in [-0.2, -0.15) is 0 Å². The summed E-state index contributed by atoms with van der Waals surface area (Å²) in [4.78, 5) is 0. The second kappa shape index (κ2) is 9.83. The summed E-state index contributed by atoms with van der Waals surface area (Å²) in [5.41, 5.74) is 0. The molecular weight excluding hydrogens is 218 g/mol. The normalized spacial score (nSPS) is 22.2. The van der Waals surface area contributed by atoms with Crippen molar-refractivity contribution in [3.63, 3.8) is 0 Å². The van der Waals surface area contributed by atoms with Crippen LogP contribution in [0.25, 0.3) is 0 Å². The molecule has 0 spiro atoms. The summed E-state index contributed by atoms with van der Waals surface area (Å²) in [7, 11) is 0. The number of hydrogen-bond donors (Lipinski definition) is 1. The fourth-order valence-electron chi connectivity index (χ4n) is 3.64. The first-order chi connectivity index (χ1) is 8.77. The van der Waals surface area contributed by atoms with Crippen molar-refractivity contribution in [2.24, 2.45) is 11.8 Å². The predicted molar refractivity (Wildman–Crippen MR) is 82.0 cm³/mol. The highest BCUT2D eigenvalue weighted by Crippen LogP contribution is 2.28. The summed E-state index contributed by atoms with van der Waals surface area (Å²) >= 11 is 0. The first kappa shape index (κ1) is 16.0. The van der Waals surface area contributed by atoms with Crippen LogP contribution in [0.4, 0.5) is 0 Å². The van der Waals surface area contributed by atoms with Crippen LogP contribution in [0.3, 0.4) is 0 Å². The molecule has 1 N–H and O–H groups in total. The summed E-state index contributed by atoms with van der Waals surface area (Å²) in [6.07, 6.45) is 14.4. The summed E-state index contributed by atoms with van der Waals surface area (Å²) in [5.74, 6) is 1.84. The molecule has 1 aliphatic carbocycles. The Kier molecular flexibility index (Phi) is 8.75. The van der Waals surface area contributed by atoms with Crippen molar-refractivity contribution in [2.75, 3.05) is 6.54 Å². The van der Waals surface area contributed by atoms with Gasteiger partial charge in [-0.15, -0.1) is 0 Å². The SMILES string of the molecule is CCCC(C)CC(NCC)C1CCCCCCC1. The molecule has 0 aromatic heterocycles. The highest BCUT2D eigenvalue weighted by molar-refractivity contribution is 4.79. The average Bonchev–Trinajstić information content (AvgIpc) is 2.28. The van der Waals surface area contributed by atoms with Gasteiger partial charge in [0.25, 0.3) is 0 Å². The Morgan fingerprint density at radius 2 is 1.61 bits per heavy atom. The van der Waals surface area contributed by atoms with Gasteiger partial charge >= 0.3 is 0 Å². The van der Waals surface area contributed by atoms with E-state index in [1.165, 1.54) is 64.2 Å². The number of nitrogens with one attached hydrogen (secondary N) is 1. The summed E-state index contributed by atoms with van der Waals surface area (Å²) in [6, 6.07) is 0.787. The maximum absolute atomic E-state index is 3.79. The van der Waals surface area contributed by atoms with Gasteiger partial charge in [-0.25, -0.2) is 0 Å². The standard InChI is InChI=1S/C17H35N/c1-4-11-15(3)14-17(18-5-2)16-12-9-7-6-8-10-13-16/h15-18H,4-14H2,1-3H3. The van der Waals surface area contributed by atoms with Crippen LogP contribution < -0.4 is 5.32 Å². The van der Waals surface area contributed by atoms with Crippen LogP contribution in [0, 0.1) is 11.8 Å². The van der Waals surface area contributed by atoms with Crippen molar-refractivity contribution in [3.05, 3.63) is 0 Å². The van der Waals surface area contributed by atoms with Crippen LogP contribution in [0.1, 0.15) is 85.0 Å². The Morgan fingerprint density at radius 3 is 2.17 bits per heavy atom. The molecule has 1 aliphatic rings. The van der Waals surface area contributed by atoms with E-state index >= 15 is 0 Å². The van der Waals surface area contributed by atoms with Crippen molar-refractivity contribution in [3.8, 4) is 0 Å². The zero-order chi connectivity index (χ0) is 13.2. The predicted octanol–water partition coefficient (Wildman–Crippen LogP) is 5.15. The number of rotatable bonds is 7. The minimum atomic E-state index is 0.787. The molecule has 0 heterocycles. The molecule has 0 aliphatic heterocycles. The van der Waals surface area contributed by atoms with Gasteiger partial charge < -0.3 is 5.32 Å². The maximum atomic E-state index is 3.79. The summed E-state index contributed by atoms with van der Waals surface area (Å²) in [6.45, 7) is 8.16. The van der Waals surface area contributed by atoms with Gasteiger partial charge in [0.05, 0.1) is 0 Å². The molecule has 108 valence electrons. The molecular formula is C17H35N. The first-order valence-corrected chi connectivity index (χ1v) is 8.51. The fraction of sp³-hybridized carbons (Fsp3) is 1.00. The van der Waals surface area contributed by atoms with E-state index in [0.717, 1.165) is 24.4 Å². The van der Waals surface area contributed by atoms with E-state index in [1.807, 2.05) is 0 Å². The topological polar surface area (TPSA) is 12.0 Å². The Bertz CT molecular complexity index is 182. The third-order valence-electron chi connectivity index (χ3n) is 4.62. The zero-order valence-corrected chi connectivity index (χ0v) is 13.0. The monoisotopic (exact) mass is 253 g/mol. The maximum Gasteiger partial charge on any atom is 0.00977 e. The third kappa shape index (κ3) is 6.22. The molecule has 0 amide bonds. The van der Waals surface area contributed by atoms with Crippen molar-refractivity contribution in [2.45, 2.75) is 91.0 Å². The molecule has 2 unspecified atom stereocenters. The fourth-order valence-corrected chi connectivity index (χ4v) is 3.64. The van der Waals surface area contributed by atoms with Crippen LogP contribution in [-0.2, 0) is 0 Å². The third-order valence-corrected chi connectivity index (χ3v) is 4.62. The minimum Gasteiger partial charge on any atom is -0.314 e. The average molecular weight is 253 g/mol. The molecule has 18 heavy (non-hydrogen) atoms. The van der Waals surface area contributed by atoms with Crippen molar-refractivity contribution in [1.29, 1.82) is 0 Å². The van der Waals surface area contributed by atoms with Crippen molar-refractivity contribution < 1.29 is 0 Å². The molecule has 0 bridgehead atoms. The van der Waals surface area contributed by atoms with Crippen LogP contribution in [0.2, 0.25) is 0 Å². The van der Waals surface area contributed by atoms with Gasteiger partial charge in [-0.1, -0.05) is 65.7 Å². The summed E-state index contributed by atoms with van der Waals surface area (Å²) in [5, 5.41) is 3.79. The van der Waals surface area contributed by atoms with E-state index in [4.69, 9.17) is 0 Å². The van der Waals surface area contributed by atoms with E-state index in [0.29, 0.717) is 0 Å².